The number of ether oxygens (including phenoxy) is 2. The molecule has 0 aromatic heterocycles. The second kappa shape index (κ2) is 8.32. The summed E-state index contributed by atoms with van der Waals surface area (Å²) in [4.78, 5) is 0. The molecule has 0 spiro atoms. The van der Waals surface area contributed by atoms with Gasteiger partial charge in [0.2, 0.25) is 0 Å². The van der Waals surface area contributed by atoms with E-state index in [4.69, 9.17) is 15.2 Å². The molecule has 3 nitrogen and oxygen atoms in total. The molecule has 0 heterocycles. The highest BCUT2D eigenvalue weighted by Gasteiger charge is 2.01. The van der Waals surface area contributed by atoms with Crippen LogP contribution in [0.2, 0.25) is 0 Å². The Hall–Kier alpha value is -2.16. The van der Waals surface area contributed by atoms with Crippen molar-refractivity contribution < 1.29 is 9.47 Å². The summed E-state index contributed by atoms with van der Waals surface area (Å²) in [6, 6.07) is 14.0. The number of hydrogen-bond acceptors (Lipinski definition) is 3. The number of nitrogens with two attached hydrogens (primary N) is 1. The smallest absolute Gasteiger partial charge is 0.122 e. The fourth-order valence-electron chi connectivity index (χ4n) is 2.22. The van der Waals surface area contributed by atoms with Crippen LogP contribution >= 0.6 is 0 Å². The zero-order valence-electron chi connectivity index (χ0n) is 13.5. The maximum atomic E-state index is 5.86. The van der Waals surface area contributed by atoms with E-state index in [1.807, 2.05) is 43.3 Å². The van der Waals surface area contributed by atoms with Crippen LogP contribution in [0, 0.1) is 6.92 Å². The Morgan fingerprint density at radius 2 is 1.68 bits per heavy atom. The zero-order chi connectivity index (χ0) is 15.8. The minimum atomic E-state index is 0.682. The van der Waals surface area contributed by atoms with E-state index >= 15 is 0 Å². The van der Waals surface area contributed by atoms with Crippen LogP contribution in [-0.4, -0.2) is 13.2 Å². The average molecular weight is 299 g/mol. The van der Waals surface area contributed by atoms with Crippen molar-refractivity contribution >= 4 is 5.69 Å². The Labute approximate surface area is 133 Å². The third-order valence-electron chi connectivity index (χ3n) is 3.67. The Morgan fingerprint density at radius 3 is 2.41 bits per heavy atom. The van der Waals surface area contributed by atoms with Crippen molar-refractivity contribution in [3.8, 4) is 11.5 Å². The number of unbranched alkanes of at least 4 members (excludes halogenated alkanes) is 1. The van der Waals surface area contributed by atoms with Gasteiger partial charge < -0.3 is 15.2 Å². The molecule has 0 aliphatic rings. The van der Waals surface area contributed by atoms with Gasteiger partial charge in [-0.3, -0.25) is 0 Å². The van der Waals surface area contributed by atoms with E-state index in [2.05, 4.69) is 13.0 Å². The summed E-state index contributed by atoms with van der Waals surface area (Å²) >= 11 is 0. The first-order chi connectivity index (χ1) is 10.7. The van der Waals surface area contributed by atoms with E-state index in [-0.39, 0.29) is 0 Å². The highest BCUT2D eigenvalue weighted by atomic mass is 16.5. The van der Waals surface area contributed by atoms with Crippen molar-refractivity contribution in [2.24, 2.45) is 0 Å². The van der Waals surface area contributed by atoms with Crippen molar-refractivity contribution in [3.05, 3.63) is 53.6 Å². The predicted octanol–water partition coefficient (Wildman–Crippen LogP) is 4.38. The van der Waals surface area contributed by atoms with E-state index in [0.717, 1.165) is 48.6 Å². The summed E-state index contributed by atoms with van der Waals surface area (Å²) in [7, 11) is 0. The Morgan fingerprint density at radius 1 is 0.955 bits per heavy atom. The molecule has 2 aromatic carbocycles. The van der Waals surface area contributed by atoms with Crippen LogP contribution in [0.1, 0.15) is 30.9 Å². The van der Waals surface area contributed by atoms with Gasteiger partial charge in [0.15, 0.2) is 0 Å². The normalized spacial score (nSPS) is 10.5. The molecule has 0 bridgehead atoms. The van der Waals surface area contributed by atoms with Crippen molar-refractivity contribution in [1.29, 1.82) is 0 Å². The molecule has 2 N–H and O–H groups in total. The highest BCUT2D eigenvalue weighted by molar-refractivity contribution is 5.50. The summed E-state index contributed by atoms with van der Waals surface area (Å²) in [5.41, 5.74) is 8.98. The number of rotatable bonds is 8. The monoisotopic (exact) mass is 299 g/mol. The zero-order valence-corrected chi connectivity index (χ0v) is 13.5. The van der Waals surface area contributed by atoms with Crippen molar-refractivity contribution in [2.45, 2.75) is 33.1 Å². The molecule has 0 amide bonds. The van der Waals surface area contributed by atoms with Crippen LogP contribution in [0.15, 0.2) is 42.5 Å². The van der Waals surface area contributed by atoms with Gasteiger partial charge in [0.1, 0.15) is 11.5 Å². The van der Waals surface area contributed by atoms with Gasteiger partial charge in [0, 0.05) is 11.8 Å². The fourth-order valence-corrected chi connectivity index (χ4v) is 2.22. The van der Waals surface area contributed by atoms with Gasteiger partial charge in [-0.1, -0.05) is 31.2 Å². The fraction of sp³-hybridized carbons (Fsp3) is 0.368. The minimum Gasteiger partial charge on any atom is -0.494 e. The number of para-hydroxylation sites is 1. The molecule has 0 atom stereocenters. The van der Waals surface area contributed by atoms with E-state index in [1.165, 1.54) is 5.56 Å². The third-order valence-corrected chi connectivity index (χ3v) is 3.67. The first-order valence-corrected chi connectivity index (χ1v) is 7.90. The second-order valence-corrected chi connectivity index (χ2v) is 5.38. The number of anilines is 1. The standard InChI is InChI=1S/C19H25NO2/c1-3-16-8-4-5-9-19(16)22-13-7-6-12-21-17-11-10-15(2)18(20)14-17/h4-5,8-11,14H,3,6-7,12-13,20H2,1-2H3. The molecule has 3 heteroatoms. The SMILES string of the molecule is CCc1ccccc1OCCCCOc1ccc(C)c(N)c1. The van der Waals surface area contributed by atoms with Gasteiger partial charge in [0.25, 0.3) is 0 Å². The third kappa shape index (κ3) is 4.69. The lowest BCUT2D eigenvalue weighted by atomic mass is 10.1. The maximum Gasteiger partial charge on any atom is 0.122 e. The van der Waals surface area contributed by atoms with E-state index in [1.54, 1.807) is 0 Å². The summed E-state index contributed by atoms with van der Waals surface area (Å²) in [5, 5.41) is 0. The molecule has 2 aromatic rings. The van der Waals surface area contributed by atoms with Gasteiger partial charge in [-0.05, 0) is 49.4 Å². The quantitative estimate of drug-likeness (QED) is 0.581. The lowest BCUT2D eigenvalue weighted by Crippen LogP contribution is -2.04. The highest BCUT2D eigenvalue weighted by Crippen LogP contribution is 2.20. The Kier molecular flexibility index (Phi) is 6.13. The summed E-state index contributed by atoms with van der Waals surface area (Å²) in [6.45, 7) is 5.53. The van der Waals surface area contributed by atoms with Gasteiger partial charge in [-0.2, -0.15) is 0 Å². The molecule has 118 valence electrons. The first-order valence-electron chi connectivity index (χ1n) is 7.90. The lowest BCUT2D eigenvalue weighted by Gasteiger charge is -2.11. The molecule has 0 aliphatic heterocycles. The van der Waals surface area contributed by atoms with E-state index in [9.17, 15) is 0 Å². The predicted molar refractivity (Wildman–Crippen MR) is 91.6 cm³/mol. The van der Waals surface area contributed by atoms with Gasteiger partial charge >= 0.3 is 0 Å². The molecule has 0 unspecified atom stereocenters. The average Bonchev–Trinajstić information content (AvgIpc) is 2.54. The first kappa shape index (κ1) is 16.2. The Balaban J connectivity index is 1.66. The molecule has 2 rings (SSSR count). The molecule has 0 aliphatic carbocycles. The van der Waals surface area contributed by atoms with Crippen molar-refractivity contribution in [3.63, 3.8) is 0 Å². The summed E-state index contributed by atoms with van der Waals surface area (Å²) < 4.78 is 11.5. The number of hydrogen-bond donors (Lipinski definition) is 1. The van der Waals surface area contributed by atoms with Crippen LogP contribution in [-0.2, 0) is 6.42 Å². The van der Waals surface area contributed by atoms with Crippen LogP contribution in [0.3, 0.4) is 0 Å². The van der Waals surface area contributed by atoms with Crippen LogP contribution in [0.5, 0.6) is 11.5 Å². The topological polar surface area (TPSA) is 44.5 Å². The molecule has 0 fully saturated rings. The van der Waals surface area contributed by atoms with Crippen molar-refractivity contribution in [1.82, 2.24) is 0 Å². The van der Waals surface area contributed by atoms with Gasteiger partial charge in [-0.15, -0.1) is 0 Å². The Bertz CT molecular complexity index is 596. The van der Waals surface area contributed by atoms with Crippen LogP contribution < -0.4 is 15.2 Å². The molecular formula is C19H25NO2. The second-order valence-electron chi connectivity index (χ2n) is 5.38. The summed E-state index contributed by atoms with van der Waals surface area (Å²) in [6.07, 6.45) is 2.93. The maximum absolute atomic E-state index is 5.86. The van der Waals surface area contributed by atoms with Gasteiger partial charge in [0.05, 0.1) is 13.2 Å². The van der Waals surface area contributed by atoms with Crippen LogP contribution in [0.25, 0.3) is 0 Å². The summed E-state index contributed by atoms with van der Waals surface area (Å²) in [5.74, 6) is 1.83. The molecule has 0 saturated heterocycles. The van der Waals surface area contributed by atoms with Gasteiger partial charge in [-0.25, -0.2) is 0 Å². The molecule has 22 heavy (non-hydrogen) atoms. The van der Waals surface area contributed by atoms with E-state index in [0.29, 0.717) is 6.61 Å². The van der Waals surface area contributed by atoms with Crippen LogP contribution in [0.4, 0.5) is 5.69 Å². The minimum absolute atomic E-state index is 0.682. The molecule has 0 radical (unpaired) electrons. The lowest BCUT2D eigenvalue weighted by molar-refractivity contribution is 0.265. The molecular weight excluding hydrogens is 274 g/mol. The number of aryl methyl sites for hydroxylation is 2. The van der Waals surface area contributed by atoms with E-state index < -0.39 is 0 Å². The number of benzene rings is 2. The largest absolute Gasteiger partial charge is 0.494 e. The molecule has 0 saturated carbocycles. The number of nitrogen functional groups attached to an aromatic ring is 1. The van der Waals surface area contributed by atoms with Crippen molar-refractivity contribution in [2.75, 3.05) is 18.9 Å².